The minimum absolute atomic E-state index is 0.0920. The molecule has 0 spiro atoms. The Balaban J connectivity index is 1.77. The van der Waals surface area contributed by atoms with Crippen LogP contribution in [0.25, 0.3) is 0 Å². The summed E-state index contributed by atoms with van der Waals surface area (Å²) < 4.78 is 40.9. The Morgan fingerprint density at radius 3 is 2.25 bits per heavy atom. The summed E-state index contributed by atoms with van der Waals surface area (Å²) in [5.74, 6) is 1.14. The number of ether oxygens (including phenoxy) is 2. The lowest BCUT2D eigenvalue weighted by molar-refractivity contribution is -0.0444. The highest BCUT2D eigenvalue weighted by atomic mass is 32.2. The van der Waals surface area contributed by atoms with Crippen molar-refractivity contribution in [3.05, 3.63) is 29.8 Å². The monoisotopic (exact) mass is 354 g/mol. The molecule has 2 fully saturated rings. The van der Waals surface area contributed by atoms with E-state index in [1.54, 1.807) is 7.11 Å². The van der Waals surface area contributed by atoms with E-state index in [2.05, 4.69) is 4.72 Å². The van der Waals surface area contributed by atoms with Gasteiger partial charge in [0.05, 0.1) is 25.4 Å². The van der Waals surface area contributed by atoms with E-state index in [1.165, 1.54) is 4.31 Å². The Morgan fingerprint density at radius 1 is 1.17 bits per heavy atom. The van der Waals surface area contributed by atoms with Gasteiger partial charge in [0, 0.05) is 13.1 Å². The van der Waals surface area contributed by atoms with Gasteiger partial charge in [-0.1, -0.05) is 12.1 Å². The third kappa shape index (κ3) is 4.08. The van der Waals surface area contributed by atoms with Crippen molar-refractivity contribution in [3.63, 3.8) is 0 Å². The lowest BCUT2D eigenvalue weighted by atomic mass is 10.0. The number of benzene rings is 1. The first-order valence-electron chi connectivity index (χ1n) is 8.46. The standard InChI is InChI=1S/C17H26N2O4S/c1-12-10-19(11-13(2)23-12)24(20,21)18-17(14-4-5-14)15-6-8-16(22-3)9-7-15/h6-9,12-14,17-18H,4-5,10-11H2,1-3H3. The van der Waals surface area contributed by atoms with Crippen LogP contribution in [-0.2, 0) is 14.9 Å². The highest BCUT2D eigenvalue weighted by Gasteiger charge is 2.38. The van der Waals surface area contributed by atoms with Crippen molar-refractivity contribution in [1.29, 1.82) is 0 Å². The van der Waals surface area contributed by atoms with Crippen molar-refractivity contribution in [2.24, 2.45) is 5.92 Å². The molecule has 24 heavy (non-hydrogen) atoms. The molecule has 134 valence electrons. The fourth-order valence-electron chi connectivity index (χ4n) is 3.24. The van der Waals surface area contributed by atoms with Crippen molar-refractivity contribution < 1.29 is 17.9 Å². The summed E-state index contributed by atoms with van der Waals surface area (Å²) in [4.78, 5) is 0. The summed E-state index contributed by atoms with van der Waals surface area (Å²) in [7, 11) is -1.92. The van der Waals surface area contributed by atoms with Gasteiger partial charge in [-0.05, 0) is 50.3 Å². The SMILES string of the molecule is COc1ccc(C(NS(=O)(=O)N2CC(C)OC(C)C2)C2CC2)cc1. The Labute approximate surface area is 144 Å². The molecule has 3 rings (SSSR count). The highest BCUT2D eigenvalue weighted by Crippen LogP contribution is 2.42. The van der Waals surface area contributed by atoms with Crippen LogP contribution in [0.4, 0.5) is 0 Å². The second-order valence-corrected chi connectivity index (χ2v) is 8.49. The second-order valence-electron chi connectivity index (χ2n) is 6.79. The average molecular weight is 354 g/mol. The van der Waals surface area contributed by atoms with Gasteiger partial charge in [0.25, 0.3) is 10.2 Å². The summed E-state index contributed by atoms with van der Waals surface area (Å²) in [5, 5.41) is 0. The minimum atomic E-state index is -3.55. The van der Waals surface area contributed by atoms with E-state index in [9.17, 15) is 8.42 Å². The van der Waals surface area contributed by atoms with Gasteiger partial charge in [-0.3, -0.25) is 0 Å². The topological polar surface area (TPSA) is 67.9 Å². The Morgan fingerprint density at radius 2 is 1.75 bits per heavy atom. The van der Waals surface area contributed by atoms with E-state index in [-0.39, 0.29) is 18.2 Å². The Hall–Kier alpha value is -1.15. The maximum atomic E-state index is 12.9. The van der Waals surface area contributed by atoms with Crippen LogP contribution in [0.2, 0.25) is 0 Å². The van der Waals surface area contributed by atoms with Crippen LogP contribution in [0, 0.1) is 5.92 Å². The van der Waals surface area contributed by atoms with E-state index in [1.807, 2.05) is 38.1 Å². The lowest BCUT2D eigenvalue weighted by Crippen LogP contribution is -2.52. The van der Waals surface area contributed by atoms with Crippen molar-refractivity contribution in [3.8, 4) is 5.75 Å². The van der Waals surface area contributed by atoms with Crippen LogP contribution in [0.5, 0.6) is 5.75 Å². The zero-order chi connectivity index (χ0) is 17.3. The van der Waals surface area contributed by atoms with Gasteiger partial charge < -0.3 is 9.47 Å². The van der Waals surface area contributed by atoms with E-state index < -0.39 is 10.2 Å². The zero-order valence-corrected chi connectivity index (χ0v) is 15.3. The summed E-state index contributed by atoms with van der Waals surface area (Å²) in [6, 6.07) is 7.44. The van der Waals surface area contributed by atoms with E-state index in [0.29, 0.717) is 19.0 Å². The van der Waals surface area contributed by atoms with Crippen molar-refractivity contribution in [1.82, 2.24) is 9.03 Å². The fraction of sp³-hybridized carbons (Fsp3) is 0.647. The summed E-state index contributed by atoms with van der Waals surface area (Å²) in [6.45, 7) is 4.58. The molecule has 0 radical (unpaired) electrons. The first-order chi connectivity index (χ1) is 11.4. The van der Waals surface area contributed by atoms with Gasteiger partial charge in [-0.15, -0.1) is 0 Å². The van der Waals surface area contributed by atoms with Crippen molar-refractivity contribution in [2.75, 3.05) is 20.2 Å². The Bertz CT molecular complexity index is 648. The van der Waals surface area contributed by atoms with Gasteiger partial charge in [-0.25, -0.2) is 0 Å². The molecule has 1 saturated heterocycles. The predicted octanol–water partition coefficient (Wildman–Crippen LogP) is 2.09. The largest absolute Gasteiger partial charge is 0.497 e. The van der Waals surface area contributed by atoms with Gasteiger partial charge in [0.2, 0.25) is 0 Å². The van der Waals surface area contributed by atoms with Gasteiger partial charge >= 0.3 is 0 Å². The van der Waals surface area contributed by atoms with Crippen molar-refractivity contribution in [2.45, 2.75) is 44.9 Å². The summed E-state index contributed by atoms with van der Waals surface area (Å²) in [5.41, 5.74) is 0.983. The number of morpholine rings is 1. The molecule has 7 heteroatoms. The first-order valence-corrected chi connectivity index (χ1v) is 9.90. The van der Waals surface area contributed by atoms with Crippen LogP contribution in [0.3, 0.4) is 0 Å². The maximum Gasteiger partial charge on any atom is 0.280 e. The molecule has 1 aliphatic carbocycles. The number of nitrogens with one attached hydrogen (secondary N) is 1. The lowest BCUT2D eigenvalue weighted by Gasteiger charge is -2.35. The molecule has 1 heterocycles. The average Bonchev–Trinajstić information content (AvgIpc) is 3.37. The summed E-state index contributed by atoms with van der Waals surface area (Å²) in [6.07, 6.45) is 1.92. The number of rotatable bonds is 6. The maximum absolute atomic E-state index is 12.9. The molecular formula is C17H26N2O4S. The van der Waals surface area contributed by atoms with E-state index >= 15 is 0 Å². The van der Waals surface area contributed by atoms with Crippen LogP contribution in [0.15, 0.2) is 24.3 Å². The molecular weight excluding hydrogens is 328 g/mol. The van der Waals surface area contributed by atoms with Gasteiger partial charge in [-0.2, -0.15) is 17.4 Å². The third-order valence-electron chi connectivity index (χ3n) is 4.57. The van der Waals surface area contributed by atoms with Crippen molar-refractivity contribution >= 4 is 10.2 Å². The van der Waals surface area contributed by atoms with Gasteiger partial charge in [0.15, 0.2) is 0 Å². The molecule has 1 N–H and O–H groups in total. The van der Waals surface area contributed by atoms with Gasteiger partial charge in [0.1, 0.15) is 5.75 Å². The molecule has 0 amide bonds. The summed E-state index contributed by atoms with van der Waals surface area (Å²) >= 11 is 0. The molecule has 3 atom stereocenters. The second kappa shape index (κ2) is 7.00. The minimum Gasteiger partial charge on any atom is -0.497 e. The third-order valence-corrected chi connectivity index (χ3v) is 6.10. The number of hydrogen-bond donors (Lipinski definition) is 1. The van der Waals surface area contributed by atoms with Crippen LogP contribution < -0.4 is 9.46 Å². The number of hydrogen-bond acceptors (Lipinski definition) is 4. The highest BCUT2D eigenvalue weighted by molar-refractivity contribution is 7.87. The van der Waals surface area contributed by atoms with Crippen LogP contribution in [-0.4, -0.2) is 45.1 Å². The van der Waals surface area contributed by atoms with E-state index in [4.69, 9.17) is 9.47 Å². The number of nitrogens with zero attached hydrogens (tertiary/aromatic N) is 1. The molecule has 0 bridgehead atoms. The molecule has 6 nitrogen and oxygen atoms in total. The quantitative estimate of drug-likeness (QED) is 0.849. The van der Waals surface area contributed by atoms with E-state index in [0.717, 1.165) is 24.2 Å². The molecule has 3 unspecified atom stereocenters. The Kier molecular flexibility index (Phi) is 5.15. The predicted molar refractivity (Wildman–Crippen MR) is 92.1 cm³/mol. The number of methoxy groups -OCH3 is 1. The molecule has 1 aromatic carbocycles. The normalized spacial score (nSPS) is 27.0. The molecule has 1 aromatic rings. The van der Waals surface area contributed by atoms with Crippen LogP contribution in [0.1, 0.15) is 38.3 Å². The molecule has 0 aromatic heterocycles. The molecule has 1 aliphatic heterocycles. The molecule has 1 saturated carbocycles. The zero-order valence-electron chi connectivity index (χ0n) is 14.4. The van der Waals surface area contributed by atoms with Crippen LogP contribution >= 0.6 is 0 Å². The smallest absolute Gasteiger partial charge is 0.280 e. The first kappa shape index (κ1) is 17.7. The fourth-order valence-corrected chi connectivity index (χ4v) is 4.85. The molecule has 2 aliphatic rings.